The molecular formula is C16H22N2O2. The number of nitrogens with one attached hydrogen (secondary N) is 1. The van der Waals surface area contributed by atoms with E-state index < -0.39 is 17.7 Å². The van der Waals surface area contributed by atoms with Crippen molar-refractivity contribution in [3.8, 4) is 6.07 Å². The summed E-state index contributed by atoms with van der Waals surface area (Å²) in [6.07, 6.45) is 3.86. The third-order valence-electron chi connectivity index (χ3n) is 4.03. The van der Waals surface area contributed by atoms with Crippen LogP contribution < -0.4 is 5.32 Å². The van der Waals surface area contributed by atoms with Crippen LogP contribution in [0.4, 0.5) is 0 Å². The van der Waals surface area contributed by atoms with Gasteiger partial charge in [0.15, 0.2) is 0 Å². The van der Waals surface area contributed by atoms with E-state index in [9.17, 15) is 15.5 Å². The van der Waals surface area contributed by atoms with Gasteiger partial charge in [-0.05, 0) is 18.4 Å². The zero-order chi connectivity index (χ0) is 14.4. The highest BCUT2D eigenvalue weighted by atomic mass is 16.3. The first-order valence-electron chi connectivity index (χ1n) is 7.23. The molecule has 2 unspecified atom stereocenters. The van der Waals surface area contributed by atoms with Crippen LogP contribution in [0, 0.1) is 11.3 Å². The molecule has 2 atom stereocenters. The lowest BCUT2D eigenvalue weighted by atomic mass is 9.84. The van der Waals surface area contributed by atoms with Crippen LogP contribution in [0.3, 0.4) is 0 Å². The summed E-state index contributed by atoms with van der Waals surface area (Å²) in [6, 6.07) is 10.5. The number of nitrogens with zero attached hydrogens (tertiary/aromatic N) is 1. The van der Waals surface area contributed by atoms with Crippen molar-refractivity contribution in [2.75, 3.05) is 6.54 Å². The second-order valence-corrected chi connectivity index (χ2v) is 5.63. The van der Waals surface area contributed by atoms with Crippen LogP contribution >= 0.6 is 0 Å². The van der Waals surface area contributed by atoms with Gasteiger partial charge in [-0.3, -0.25) is 5.32 Å². The number of hydrogen-bond donors (Lipinski definition) is 3. The molecule has 0 heterocycles. The molecule has 1 fully saturated rings. The summed E-state index contributed by atoms with van der Waals surface area (Å²) in [5.41, 5.74) is -0.0220. The summed E-state index contributed by atoms with van der Waals surface area (Å²) >= 11 is 0. The van der Waals surface area contributed by atoms with E-state index in [1.807, 2.05) is 18.2 Å². The van der Waals surface area contributed by atoms with Gasteiger partial charge in [-0.15, -0.1) is 0 Å². The Morgan fingerprint density at radius 2 is 1.85 bits per heavy atom. The largest absolute Gasteiger partial charge is 0.389 e. The number of hydrogen-bond acceptors (Lipinski definition) is 4. The second-order valence-electron chi connectivity index (χ2n) is 5.63. The van der Waals surface area contributed by atoms with Gasteiger partial charge in [-0.25, -0.2) is 0 Å². The molecule has 0 aromatic heterocycles. The van der Waals surface area contributed by atoms with Gasteiger partial charge in [-0.2, -0.15) is 5.26 Å². The molecule has 0 saturated heterocycles. The minimum Gasteiger partial charge on any atom is -0.389 e. The van der Waals surface area contributed by atoms with E-state index in [-0.39, 0.29) is 0 Å². The normalized spacial score (nSPS) is 20.9. The van der Waals surface area contributed by atoms with Crippen molar-refractivity contribution >= 4 is 0 Å². The summed E-state index contributed by atoms with van der Waals surface area (Å²) in [7, 11) is 0. The van der Waals surface area contributed by atoms with Crippen LogP contribution in [0.1, 0.15) is 43.8 Å². The fourth-order valence-corrected chi connectivity index (χ4v) is 2.76. The molecule has 0 spiro atoms. The van der Waals surface area contributed by atoms with E-state index in [0.717, 1.165) is 32.1 Å². The van der Waals surface area contributed by atoms with E-state index in [1.54, 1.807) is 12.1 Å². The molecule has 1 aromatic rings. The Balaban J connectivity index is 1.94. The van der Waals surface area contributed by atoms with Crippen molar-refractivity contribution in [2.45, 2.75) is 49.9 Å². The lowest BCUT2D eigenvalue weighted by Gasteiger charge is -2.33. The molecule has 2 rings (SSSR count). The van der Waals surface area contributed by atoms with E-state index >= 15 is 0 Å². The highest BCUT2D eigenvalue weighted by Crippen LogP contribution is 2.27. The van der Waals surface area contributed by atoms with Gasteiger partial charge in [0.1, 0.15) is 12.1 Å². The molecule has 20 heavy (non-hydrogen) atoms. The van der Waals surface area contributed by atoms with E-state index in [1.165, 1.54) is 0 Å². The van der Waals surface area contributed by atoms with E-state index in [0.29, 0.717) is 12.1 Å². The van der Waals surface area contributed by atoms with Gasteiger partial charge in [-0.1, -0.05) is 49.6 Å². The molecule has 0 bridgehead atoms. The highest BCUT2D eigenvalue weighted by molar-refractivity contribution is 5.21. The molecule has 0 amide bonds. The van der Waals surface area contributed by atoms with Gasteiger partial charge in [0.2, 0.25) is 0 Å². The highest BCUT2D eigenvalue weighted by Gasteiger charge is 2.31. The van der Waals surface area contributed by atoms with Gasteiger partial charge < -0.3 is 10.2 Å². The lowest BCUT2D eigenvalue weighted by Crippen LogP contribution is -2.47. The molecule has 3 N–H and O–H groups in total. The van der Waals surface area contributed by atoms with Crippen LogP contribution in [-0.4, -0.2) is 28.4 Å². The van der Waals surface area contributed by atoms with Crippen LogP contribution in [0.2, 0.25) is 0 Å². The summed E-state index contributed by atoms with van der Waals surface area (Å²) < 4.78 is 0. The average Bonchev–Trinajstić information content (AvgIpc) is 2.49. The third kappa shape index (κ3) is 3.80. The van der Waals surface area contributed by atoms with Crippen LogP contribution in [-0.2, 0) is 0 Å². The maximum absolute atomic E-state index is 10.4. The van der Waals surface area contributed by atoms with Crippen molar-refractivity contribution in [3.63, 3.8) is 0 Å². The van der Waals surface area contributed by atoms with E-state index in [4.69, 9.17) is 0 Å². The molecule has 1 saturated carbocycles. The molecule has 108 valence electrons. The topological polar surface area (TPSA) is 76.3 Å². The quantitative estimate of drug-likeness (QED) is 0.766. The minimum absolute atomic E-state index is 0.356. The Morgan fingerprint density at radius 3 is 2.45 bits per heavy atom. The molecule has 0 radical (unpaired) electrons. The van der Waals surface area contributed by atoms with Gasteiger partial charge >= 0.3 is 0 Å². The van der Waals surface area contributed by atoms with E-state index in [2.05, 4.69) is 11.4 Å². The first-order valence-corrected chi connectivity index (χ1v) is 7.23. The SMILES string of the molecule is N#CC(NCC1(O)CCCCC1)C(O)c1ccccc1. The summed E-state index contributed by atoms with van der Waals surface area (Å²) in [4.78, 5) is 0. The standard InChI is InChI=1S/C16H22N2O2/c17-11-14(15(19)13-7-3-1-4-8-13)18-12-16(20)9-5-2-6-10-16/h1,3-4,7-8,14-15,18-20H,2,5-6,9-10,12H2. The fourth-order valence-electron chi connectivity index (χ4n) is 2.76. The molecule has 0 aliphatic heterocycles. The Labute approximate surface area is 120 Å². The average molecular weight is 274 g/mol. The molecular weight excluding hydrogens is 252 g/mol. The Kier molecular flexibility index (Phi) is 5.13. The third-order valence-corrected chi connectivity index (χ3v) is 4.03. The molecule has 1 aliphatic rings. The van der Waals surface area contributed by atoms with Crippen LogP contribution in [0.5, 0.6) is 0 Å². The fraction of sp³-hybridized carbons (Fsp3) is 0.562. The second kappa shape index (κ2) is 6.85. The number of nitriles is 1. The molecule has 4 heteroatoms. The summed E-state index contributed by atoms with van der Waals surface area (Å²) in [6.45, 7) is 0.356. The lowest BCUT2D eigenvalue weighted by molar-refractivity contribution is -0.0000526. The molecule has 4 nitrogen and oxygen atoms in total. The van der Waals surface area contributed by atoms with Gasteiger partial charge in [0, 0.05) is 6.54 Å². The number of benzene rings is 1. The predicted molar refractivity (Wildman–Crippen MR) is 76.8 cm³/mol. The number of rotatable bonds is 5. The smallest absolute Gasteiger partial charge is 0.126 e. The van der Waals surface area contributed by atoms with Gasteiger partial charge in [0.25, 0.3) is 0 Å². The maximum atomic E-state index is 10.4. The van der Waals surface area contributed by atoms with Crippen molar-refractivity contribution < 1.29 is 10.2 Å². The molecule has 1 aliphatic carbocycles. The first kappa shape index (κ1) is 15.0. The predicted octanol–water partition coefficient (Wildman–Crippen LogP) is 1.90. The number of aliphatic hydroxyl groups is 2. The van der Waals surface area contributed by atoms with Crippen LogP contribution in [0.15, 0.2) is 30.3 Å². The van der Waals surface area contributed by atoms with Crippen molar-refractivity contribution in [3.05, 3.63) is 35.9 Å². The van der Waals surface area contributed by atoms with Gasteiger partial charge in [0.05, 0.1) is 11.7 Å². The Morgan fingerprint density at radius 1 is 1.20 bits per heavy atom. The summed E-state index contributed by atoms with van der Waals surface area (Å²) in [5, 5.41) is 32.9. The van der Waals surface area contributed by atoms with Crippen LogP contribution in [0.25, 0.3) is 0 Å². The minimum atomic E-state index is -0.881. The van der Waals surface area contributed by atoms with Crippen molar-refractivity contribution in [1.82, 2.24) is 5.32 Å². The zero-order valence-electron chi connectivity index (χ0n) is 11.6. The maximum Gasteiger partial charge on any atom is 0.126 e. The molecule has 1 aromatic carbocycles. The monoisotopic (exact) mass is 274 g/mol. The van der Waals surface area contributed by atoms with Crippen molar-refractivity contribution in [1.29, 1.82) is 5.26 Å². The first-order chi connectivity index (χ1) is 9.64. The Hall–Kier alpha value is -1.41. The van der Waals surface area contributed by atoms with Crippen molar-refractivity contribution in [2.24, 2.45) is 0 Å². The summed E-state index contributed by atoms with van der Waals surface area (Å²) in [5.74, 6) is 0. The number of aliphatic hydroxyl groups excluding tert-OH is 1. The zero-order valence-corrected chi connectivity index (χ0v) is 11.6. The Bertz CT molecular complexity index is 449.